The van der Waals surface area contributed by atoms with E-state index in [1.165, 1.54) is 32.1 Å². The van der Waals surface area contributed by atoms with Gasteiger partial charge in [0, 0.05) is 32.7 Å². The van der Waals surface area contributed by atoms with Crippen LogP contribution in [0.2, 0.25) is 0 Å². The second-order valence-corrected chi connectivity index (χ2v) is 10.6. The van der Waals surface area contributed by atoms with Crippen LogP contribution in [0.15, 0.2) is 4.99 Å². The molecule has 0 aromatic rings. The van der Waals surface area contributed by atoms with Crippen molar-refractivity contribution in [3.05, 3.63) is 0 Å². The average molecular weight is 396 g/mol. The molecule has 152 valence electrons. The van der Waals surface area contributed by atoms with E-state index in [-0.39, 0.29) is 17.7 Å². The number of nitrogens with one attached hydrogen (secondary N) is 1. The number of piperazine rings is 1. The van der Waals surface area contributed by atoms with E-state index in [0.717, 1.165) is 25.6 Å². The topological polar surface area (TPSA) is 88.8 Å². The molecule has 3 fully saturated rings. The number of aliphatic imine (C=N–C) groups is 1. The first-order valence-electron chi connectivity index (χ1n) is 10.3. The summed E-state index contributed by atoms with van der Waals surface area (Å²) in [5.74, 6) is 2.23. The third-order valence-electron chi connectivity index (χ3n) is 6.20. The second kappa shape index (κ2) is 9.24. The maximum atomic E-state index is 11.7. The van der Waals surface area contributed by atoms with Crippen molar-refractivity contribution < 1.29 is 8.42 Å². The van der Waals surface area contributed by atoms with Crippen molar-refractivity contribution in [2.24, 2.45) is 16.8 Å². The third-order valence-corrected chi connectivity index (χ3v) is 8.03. The van der Waals surface area contributed by atoms with Crippen molar-refractivity contribution in [3.63, 3.8) is 0 Å². The summed E-state index contributed by atoms with van der Waals surface area (Å²) in [6.45, 7) is 3.79. The maximum absolute atomic E-state index is 11.7. The predicted molar refractivity (Wildman–Crippen MR) is 107 cm³/mol. The van der Waals surface area contributed by atoms with Crippen molar-refractivity contribution in [1.82, 2.24) is 15.1 Å². The van der Waals surface area contributed by atoms with E-state index < -0.39 is 9.84 Å². The Morgan fingerprint density at radius 2 is 1.96 bits per heavy atom. The van der Waals surface area contributed by atoms with Crippen molar-refractivity contribution >= 4 is 15.8 Å². The molecule has 2 unspecified atom stereocenters. The van der Waals surface area contributed by atoms with Gasteiger partial charge in [-0.15, -0.1) is 0 Å². The number of hydrogen-bond donors (Lipinski definition) is 1. The molecule has 27 heavy (non-hydrogen) atoms. The van der Waals surface area contributed by atoms with Gasteiger partial charge in [-0.25, -0.2) is 8.42 Å². The summed E-state index contributed by atoms with van der Waals surface area (Å²) in [5, 5.41) is 13.0. The smallest absolute Gasteiger partial charge is 0.194 e. The van der Waals surface area contributed by atoms with Gasteiger partial charge in [0.05, 0.1) is 17.6 Å². The van der Waals surface area contributed by atoms with Crippen LogP contribution in [0, 0.1) is 23.2 Å². The van der Waals surface area contributed by atoms with Crippen molar-refractivity contribution in [2.45, 2.75) is 44.6 Å². The number of nitrogens with zero attached hydrogens (tertiary/aromatic N) is 4. The van der Waals surface area contributed by atoms with Gasteiger partial charge in [-0.2, -0.15) is 5.26 Å². The van der Waals surface area contributed by atoms with Crippen molar-refractivity contribution in [3.8, 4) is 6.07 Å². The largest absolute Gasteiger partial charge is 0.356 e. The first kappa shape index (κ1) is 20.4. The molecule has 7 nitrogen and oxygen atoms in total. The summed E-state index contributed by atoms with van der Waals surface area (Å²) in [6.07, 6.45) is 7.21. The normalized spacial score (nSPS) is 30.2. The summed E-state index contributed by atoms with van der Waals surface area (Å²) < 4.78 is 23.4. The Balaban J connectivity index is 1.64. The molecule has 2 atom stereocenters. The van der Waals surface area contributed by atoms with Gasteiger partial charge >= 0.3 is 0 Å². The van der Waals surface area contributed by atoms with Crippen LogP contribution >= 0.6 is 0 Å². The molecule has 0 bridgehead atoms. The molecule has 0 spiro atoms. The lowest BCUT2D eigenvalue weighted by Crippen LogP contribution is -2.56. The maximum Gasteiger partial charge on any atom is 0.194 e. The fourth-order valence-corrected chi connectivity index (χ4v) is 6.18. The van der Waals surface area contributed by atoms with Crippen LogP contribution in [0.4, 0.5) is 0 Å². The van der Waals surface area contributed by atoms with Crippen LogP contribution in [-0.4, -0.2) is 81.5 Å². The van der Waals surface area contributed by atoms with E-state index in [2.05, 4.69) is 21.2 Å². The lowest BCUT2D eigenvalue weighted by Gasteiger charge is -2.38. The van der Waals surface area contributed by atoms with Crippen molar-refractivity contribution in [2.75, 3.05) is 51.3 Å². The van der Waals surface area contributed by atoms with E-state index in [4.69, 9.17) is 4.99 Å². The Hall–Kier alpha value is -1.33. The fraction of sp³-hybridized carbons (Fsp3) is 0.895. The second-order valence-electron chi connectivity index (χ2n) is 8.39. The van der Waals surface area contributed by atoms with E-state index in [1.807, 2.05) is 7.05 Å². The SMILES string of the molecule is CN1CCN(C(=NCC2CCS(=O)(=O)C2)NCC2CCCCC2)CC1C#N. The highest BCUT2D eigenvalue weighted by Gasteiger charge is 2.29. The van der Waals surface area contributed by atoms with Crippen LogP contribution in [0.25, 0.3) is 0 Å². The monoisotopic (exact) mass is 395 g/mol. The van der Waals surface area contributed by atoms with Crippen LogP contribution in [-0.2, 0) is 9.84 Å². The molecule has 2 aliphatic heterocycles. The van der Waals surface area contributed by atoms with E-state index in [1.54, 1.807) is 0 Å². The first-order chi connectivity index (χ1) is 13.0. The molecular weight excluding hydrogens is 362 g/mol. The zero-order valence-corrected chi connectivity index (χ0v) is 17.3. The number of nitriles is 1. The molecule has 0 aromatic heterocycles. The summed E-state index contributed by atoms with van der Waals surface area (Å²) in [4.78, 5) is 9.08. The summed E-state index contributed by atoms with van der Waals surface area (Å²) >= 11 is 0. The first-order valence-corrected chi connectivity index (χ1v) is 12.1. The zero-order valence-electron chi connectivity index (χ0n) is 16.4. The minimum atomic E-state index is -2.87. The van der Waals surface area contributed by atoms with Crippen molar-refractivity contribution in [1.29, 1.82) is 5.26 Å². The molecule has 3 rings (SSSR count). The van der Waals surface area contributed by atoms with Gasteiger partial charge in [-0.1, -0.05) is 19.3 Å². The van der Waals surface area contributed by atoms with E-state index >= 15 is 0 Å². The highest BCUT2D eigenvalue weighted by molar-refractivity contribution is 7.91. The number of guanidine groups is 1. The third kappa shape index (κ3) is 5.82. The molecule has 0 radical (unpaired) electrons. The number of likely N-dealkylation sites (N-methyl/N-ethyl adjacent to an activating group) is 1. The summed E-state index contributed by atoms with van der Waals surface area (Å²) in [6, 6.07) is 2.24. The van der Waals surface area contributed by atoms with Gasteiger partial charge < -0.3 is 10.2 Å². The number of rotatable bonds is 4. The van der Waals surface area contributed by atoms with E-state index in [0.29, 0.717) is 31.2 Å². The minimum absolute atomic E-state index is 0.126. The van der Waals surface area contributed by atoms with Gasteiger partial charge in [0.15, 0.2) is 15.8 Å². The molecular formula is C19H33N5O2S. The van der Waals surface area contributed by atoms with Gasteiger partial charge in [-0.3, -0.25) is 9.89 Å². The van der Waals surface area contributed by atoms with E-state index in [9.17, 15) is 13.7 Å². The fourth-order valence-electron chi connectivity index (χ4n) is 4.33. The van der Waals surface area contributed by atoms with Gasteiger partial charge in [0.1, 0.15) is 6.04 Å². The van der Waals surface area contributed by atoms with Gasteiger partial charge in [0.2, 0.25) is 0 Å². The summed E-state index contributed by atoms with van der Waals surface area (Å²) in [5.41, 5.74) is 0. The molecule has 1 N–H and O–H groups in total. The van der Waals surface area contributed by atoms with Crippen LogP contribution in [0.5, 0.6) is 0 Å². The lowest BCUT2D eigenvalue weighted by atomic mass is 9.89. The van der Waals surface area contributed by atoms with Gasteiger partial charge in [-0.05, 0) is 38.1 Å². The highest BCUT2D eigenvalue weighted by atomic mass is 32.2. The summed E-state index contributed by atoms with van der Waals surface area (Å²) in [7, 11) is -0.884. The molecule has 3 aliphatic rings. The average Bonchev–Trinajstić information content (AvgIpc) is 3.02. The molecule has 2 saturated heterocycles. The number of hydrogen-bond acceptors (Lipinski definition) is 5. The molecule has 2 heterocycles. The molecule has 8 heteroatoms. The molecule has 0 aromatic carbocycles. The molecule has 1 saturated carbocycles. The van der Waals surface area contributed by atoms with Crippen LogP contribution in [0.1, 0.15) is 38.5 Å². The standard InChI is InChI=1S/C19H33N5O2S/c1-23-8-9-24(14-18(23)11-20)19(21-12-16-5-3-2-4-6-16)22-13-17-7-10-27(25,26)15-17/h16-18H,2-10,12-15H2,1H3,(H,21,22). The Bertz CT molecular complexity index is 666. The lowest BCUT2D eigenvalue weighted by molar-refractivity contribution is 0.170. The Labute approximate surface area is 163 Å². The number of sulfone groups is 1. The Morgan fingerprint density at radius 1 is 1.19 bits per heavy atom. The highest BCUT2D eigenvalue weighted by Crippen LogP contribution is 2.23. The quantitative estimate of drug-likeness (QED) is 0.566. The zero-order chi connectivity index (χ0) is 19.3. The Kier molecular flexibility index (Phi) is 6.99. The minimum Gasteiger partial charge on any atom is -0.356 e. The van der Waals surface area contributed by atoms with Crippen LogP contribution in [0.3, 0.4) is 0 Å². The van der Waals surface area contributed by atoms with Gasteiger partial charge in [0.25, 0.3) is 0 Å². The van der Waals surface area contributed by atoms with Crippen LogP contribution < -0.4 is 5.32 Å². The Morgan fingerprint density at radius 3 is 2.63 bits per heavy atom. The predicted octanol–water partition coefficient (Wildman–Crippen LogP) is 1.09. The molecule has 1 aliphatic carbocycles. The molecule has 0 amide bonds.